The van der Waals surface area contributed by atoms with Crippen LogP contribution >= 0.6 is 11.3 Å². The van der Waals surface area contributed by atoms with Gasteiger partial charge in [0.1, 0.15) is 16.9 Å². The molecular formula is C23H20N4O4S. The van der Waals surface area contributed by atoms with Crippen LogP contribution in [0.3, 0.4) is 0 Å². The second-order valence-electron chi connectivity index (χ2n) is 6.74. The Morgan fingerprint density at radius 2 is 1.81 bits per heavy atom. The number of ether oxygens (including phenoxy) is 2. The lowest BCUT2D eigenvalue weighted by molar-refractivity contribution is -0.122. The van der Waals surface area contributed by atoms with Gasteiger partial charge in [-0.15, -0.1) is 11.3 Å². The fourth-order valence-electron chi connectivity index (χ4n) is 3.06. The summed E-state index contributed by atoms with van der Waals surface area (Å²) in [5.74, 6) is 0.452. The van der Waals surface area contributed by atoms with Gasteiger partial charge in [-0.05, 0) is 23.3 Å². The molecule has 0 radical (unpaired) electrons. The highest BCUT2D eigenvalue weighted by Gasteiger charge is 2.16. The lowest BCUT2D eigenvalue weighted by Crippen LogP contribution is -2.41. The monoisotopic (exact) mass is 448 g/mol. The highest BCUT2D eigenvalue weighted by atomic mass is 32.1. The molecule has 8 nitrogen and oxygen atoms in total. The number of fused-ring (bicyclic) bond motifs is 1. The van der Waals surface area contributed by atoms with Crippen molar-refractivity contribution in [3.05, 3.63) is 71.9 Å². The van der Waals surface area contributed by atoms with Crippen molar-refractivity contribution in [3.63, 3.8) is 0 Å². The number of hydrogen-bond donors (Lipinski definition) is 2. The average molecular weight is 449 g/mol. The van der Waals surface area contributed by atoms with Gasteiger partial charge in [0.2, 0.25) is 5.88 Å². The number of aromatic nitrogens is 2. The first-order valence-electron chi connectivity index (χ1n) is 9.75. The van der Waals surface area contributed by atoms with Crippen LogP contribution in [0.2, 0.25) is 0 Å². The van der Waals surface area contributed by atoms with Gasteiger partial charge in [0, 0.05) is 17.5 Å². The van der Waals surface area contributed by atoms with Crippen molar-refractivity contribution < 1.29 is 19.1 Å². The number of hydrogen-bond acceptors (Lipinski definition) is 7. The standard InChI is InChI=1S/C23H20N4O4S/c1-30-17-9-7-16(8-10-17)18-13-32-22-20(18)21(25-14-26-22)31-12-19(28)27-23(29)24-11-15-5-3-2-4-6-15/h2-10,13-14H,11-12H2,1H3,(H2,24,27,28,29). The van der Waals surface area contributed by atoms with Crippen LogP contribution in [-0.2, 0) is 11.3 Å². The Kier molecular flexibility index (Phi) is 6.57. The SMILES string of the molecule is COc1ccc(-c2csc3ncnc(OCC(=O)NC(=O)NCc4ccccc4)c23)cc1. The molecule has 0 saturated carbocycles. The molecule has 4 aromatic rings. The third kappa shape index (κ3) is 5.01. The van der Waals surface area contributed by atoms with Crippen LogP contribution in [0, 0.1) is 0 Å². The molecule has 9 heteroatoms. The van der Waals surface area contributed by atoms with E-state index in [1.54, 1.807) is 7.11 Å². The molecule has 3 amide bonds. The summed E-state index contributed by atoms with van der Waals surface area (Å²) >= 11 is 1.46. The van der Waals surface area contributed by atoms with Crippen LogP contribution in [-0.4, -0.2) is 35.6 Å². The number of thiophene rings is 1. The molecule has 0 fully saturated rings. The summed E-state index contributed by atoms with van der Waals surface area (Å²) < 4.78 is 10.9. The van der Waals surface area contributed by atoms with Gasteiger partial charge in [-0.1, -0.05) is 42.5 Å². The summed E-state index contributed by atoms with van der Waals surface area (Å²) in [6.07, 6.45) is 1.39. The summed E-state index contributed by atoms with van der Waals surface area (Å²) in [6.45, 7) is -0.0454. The number of methoxy groups -OCH3 is 1. The van der Waals surface area contributed by atoms with E-state index in [1.807, 2.05) is 60.0 Å². The molecule has 0 spiro atoms. The molecule has 2 aromatic carbocycles. The van der Waals surface area contributed by atoms with Gasteiger partial charge in [0.15, 0.2) is 6.61 Å². The predicted octanol–water partition coefficient (Wildman–Crippen LogP) is 3.77. The van der Waals surface area contributed by atoms with Crippen molar-refractivity contribution in [3.8, 4) is 22.8 Å². The predicted molar refractivity (Wildman–Crippen MR) is 122 cm³/mol. The Morgan fingerprint density at radius 3 is 2.56 bits per heavy atom. The number of nitrogens with zero attached hydrogens (tertiary/aromatic N) is 2. The van der Waals surface area contributed by atoms with E-state index >= 15 is 0 Å². The second-order valence-corrected chi connectivity index (χ2v) is 7.60. The molecule has 0 aliphatic heterocycles. The minimum absolute atomic E-state index is 0.280. The second kappa shape index (κ2) is 9.88. The van der Waals surface area contributed by atoms with Gasteiger partial charge in [-0.25, -0.2) is 14.8 Å². The summed E-state index contributed by atoms with van der Waals surface area (Å²) in [7, 11) is 1.61. The molecule has 2 aromatic heterocycles. The minimum Gasteiger partial charge on any atom is -0.497 e. The molecule has 32 heavy (non-hydrogen) atoms. The van der Waals surface area contributed by atoms with Gasteiger partial charge in [0.05, 0.1) is 12.5 Å². The lowest BCUT2D eigenvalue weighted by atomic mass is 10.1. The fourth-order valence-corrected chi connectivity index (χ4v) is 3.97. The maximum Gasteiger partial charge on any atom is 0.321 e. The number of carbonyl (C=O) groups excluding carboxylic acids is 2. The molecule has 4 rings (SSSR count). The smallest absolute Gasteiger partial charge is 0.321 e. The quantitative estimate of drug-likeness (QED) is 0.446. The van der Waals surface area contributed by atoms with Crippen molar-refractivity contribution in [2.45, 2.75) is 6.54 Å². The van der Waals surface area contributed by atoms with Gasteiger partial charge in [-0.3, -0.25) is 10.1 Å². The topological polar surface area (TPSA) is 102 Å². The largest absolute Gasteiger partial charge is 0.497 e. The van der Waals surface area contributed by atoms with E-state index in [9.17, 15) is 9.59 Å². The van der Waals surface area contributed by atoms with Crippen LogP contribution in [0.15, 0.2) is 66.3 Å². The minimum atomic E-state index is -0.593. The molecule has 0 atom stereocenters. The molecule has 0 unspecified atom stereocenters. The van der Waals surface area contributed by atoms with Crippen LogP contribution in [0.5, 0.6) is 11.6 Å². The molecule has 0 aliphatic carbocycles. The van der Waals surface area contributed by atoms with Crippen molar-refractivity contribution >= 4 is 33.5 Å². The molecule has 2 heterocycles. The third-order valence-electron chi connectivity index (χ3n) is 4.63. The Morgan fingerprint density at radius 1 is 1.03 bits per heavy atom. The maximum atomic E-state index is 12.2. The zero-order chi connectivity index (χ0) is 22.3. The van der Waals surface area contributed by atoms with Gasteiger partial charge < -0.3 is 14.8 Å². The van der Waals surface area contributed by atoms with Crippen LogP contribution in [0.25, 0.3) is 21.3 Å². The van der Waals surface area contributed by atoms with E-state index in [0.717, 1.165) is 27.3 Å². The molecule has 0 bridgehead atoms. The van der Waals surface area contributed by atoms with Crippen molar-refractivity contribution in [2.24, 2.45) is 0 Å². The summed E-state index contributed by atoms with van der Waals surface area (Å²) in [6, 6.07) is 16.4. The summed E-state index contributed by atoms with van der Waals surface area (Å²) in [4.78, 5) is 33.4. The van der Waals surface area contributed by atoms with E-state index in [1.165, 1.54) is 17.7 Å². The first-order valence-corrected chi connectivity index (χ1v) is 10.6. The number of benzene rings is 2. The van der Waals surface area contributed by atoms with Gasteiger partial charge >= 0.3 is 6.03 Å². The summed E-state index contributed by atoms with van der Waals surface area (Å²) in [5.41, 5.74) is 2.77. The number of urea groups is 1. The molecule has 0 saturated heterocycles. The van der Waals surface area contributed by atoms with Crippen molar-refractivity contribution in [2.75, 3.05) is 13.7 Å². The highest BCUT2D eigenvalue weighted by molar-refractivity contribution is 7.17. The van der Waals surface area contributed by atoms with Gasteiger partial charge in [0.25, 0.3) is 5.91 Å². The van der Waals surface area contributed by atoms with Crippen LogP contribution in [0.1, 0.15) is 5.56 Å². The van der Waals surface area contributed by atoms with Crippen LogP contribution < -0.4 is 20.1 Å². The first-order chi connectivity index (χ1) is 15.6. The third-order valence-corrected chi connectivity index (χ3v) is 5.51. The summed E-state index contributed by atoms with van der Waals surface area (Å²) in [5, 5.41) is 7.56. The molecule has 162 valence electrons. The molecular weight excluding hydrogens is 428 g/mol. The van der Waals surface area contributed by atoms with E-state index in [2.05, 4.69) is 20.6 Å². The average Bonchev–Trinajstić information content (AvgIpc) is 3.27. The first kappa shape index (κ1) is 21.3. The highest BCUT2D eigenvalue weighted by Crippen LogP contribution is 2.37. The molecule has 2 N–H and O–H groups in total. The number of carbonyl (C=O) groups is 2. The van der Waals surface area contributed by atoms with E-state index < -0.39 is 11.9 Å². The Bertz CT molecular complexity index is 1230. The van der Waals surface area contributed by atoms with Gasteiger partial charge in [-0.2, -0.15) is 0 Å². The maximum absolute atomic E-state index is 12.2. The van der Waals surface area contributed by atoms with Crippen LogP contribution in [0.4, 0.5) is 4.79 Å². The number of amides is 3. The zero-order valence-corrected chi connectivity index (χ0v) is 18.0. The lowest BCUT2D eigenvalue weighted by Gasteiger charge is -2.09. The normalized spacial score (nSPS) is 10.5. The zero-order valence-electron chi connectivity index (χ0n) is 17.2. The number of imide groups is 1. The van der Waals surface area contributed by atoms with E-state index in [4.69, 9.17) is 9.47 Å². The number of nitrogens with one attached hydrogen (secondary N) is 2. The Labute approximate surface area is 188 Å². The van der Waals surface area contributed by atoms with E-state index in [-0.39, 0.29) is 12.5 Å². The Balaban J connectivity index is 1.41. The van der Waals surface area contributed by atoms with E-state index in [0.29, 0.717) is 11.9 Å². The molecule has 0 aliphatic rings. The fraction of sp³-hybridized carbons (Fsp3) is 0.130. The number of rotatable bonds is 7. The van der Waals surface area contributed by atoms with Crippen molar-refractivity contribution in [1.82, 2.24) is 20.6 Å². The van der Waals surface area contributed by atoms with Crippen molar-refractivity contribution in [1.29, 1.82) is 0 Å². The Hall–Kier alpha value is -3.98.